The van der Waals surface area contributed by atoms with Crippen LogP contribution in [0.15, 0.2) is 23.1 Å². The molecule has 2 amide bonds. The van der Waals surface area contributed by atoms with Gasteiger partial charge in [-0.05, 0) is 26.0 Å². The minimum Gasteiger partial charge on any atom is -0.333 e. The molecule has 29 heavy (non-hydrogen) atoms. The van der Waals surface area contributed by atoms with Crippen molar-refractivity contribution < 1.29 is 9.59 Å². The first-order chi connectivity index (χ1) is 13.9. The fourth-order valence-electron chi connectivity index (χ4n) is 3.50. The van der Waals surface area contributed by atoms with Crippen LogP contribution in [0.4, 0.5) is 5.13 Å². The molecule has 1 N–H and O–H groups in total. The van der Waals surface area contributed by atoms with Crippen molar-refractivity contribution in [1.29, 1.82) is 0 Å². The molecule has 0 fully saturated rings. The summed E-state index contributed by atoms with van der Waals surface area (Å²) in [4.78, 5) is 49.0. The van der Waals surface area contributed by atoms with Crippen molar-refractivity contribution in [3.63, 3.8) is 0 Å². The molecule has 0 spiro atoms. The highest BCUT2D eigenvalue weighted by Crippen LogP contribution is 2.29. The Balaban J connectivity index is 1.68. The molecule has 0 aromatic carbocycles. The smallest absolute Gasteiger partial charge is 0.259 e. The monoisotopic (exact) mass is 411 g/mol. The minimum atomic E-state index is -0.295. The highest BCUT2D eigenvalue weighted by Gasteiger charge is 2.27. The van der Waals surface area contributed by atoms with E-state index >= 15 is 0 Å². The van der Waals surface area contributed by atoms with Crippen LogP contribution < -0.4 is 10.7 Å². The van der Waals surface area contributed by atoms with Gasteiger partial charge in [-0.3, -0.25) is 14.4 Å². The number of carbonyl (C=O) groups is 2. The van der Waals surface area contributed by atoms with Gasteiger partial charge in [0.2, 0.25) is 11.3 Å². The lowest BCUT2D eigenvalue weighted by Gasteiger charge is -2.26. The van der Waals surface area contributed by atoms with Crippen molar-refractivity contribution in [2.45, 2.75) is 40.3 Å². The molecule has 9 heteroatoms. The number of nitrogens with one attached hydrogen (secondary N) is 1. The molecule has 0 saturated heterocycles. The minimum absolute atomic E-state index is 0.153. The molecule has 3 aromatic rings. The van der Waals surface area contributed by atoms with Gasteiger partial charge in [-0.1, -0.05) is 11.3 Å². The first-order valence-corrected chi connectivity index (χ1v) is 10.2. The number of rotatable bonds is 3. The summed E-state index contributed by atoms with van der Waals surface area (Å²) in [6.45, 7) is 6.72. The fraction of sp³-hybridized carbons (Fsp3) is 0.350. The van der Waals surface area contributed by atoms with Gasteiger partial charge in [0.05, 0.1) is 17.6 Å². The molecular weight excluding hydrogens is 390 g/mol. The zero-order valence-electron chi connectivity index (χ0n) is 16.5. The maximum Gasteiger partial charge on any atom is 0.259 e. The highest BCUT2D eigenvalue weighted by atomic mass is 32.1. The first-order valence-electron chi connectivity index (χ1n) is 9.43. The molecule has 4 heterocycles. The highest BCUT2D eigenvalue weighted by molar-refractivity contribution is 7.15. The molecule has 1 aliphatic heterocycles. The Bertz CT molecular complexity index is 1200. The van der Waals surface area contributed by atoms with Gasteiger partial charge in [0.15, 0.2) is 5.13 Å². The average Bonchev–Trinajstić information content (AvgIpc) is 3.08. The number of pyridine rings is 2. The SMILES string of the molecule is CCn1cc(C(=O)N2CCc3nc(NC(C)=O)sc3C2)c(=O)c2ccc(C)nc21. The Morgan fingerprint density at radius 1 is 1.28 bits per heavy atom. The van der Waals surface area contributed by atoms with Crippen LogP contribution in [0, 0.1) is 6.92 Å². The molecule has 0 atom stereocenters. The largest absolute Gasteiger partial charge is 0.333 e. The van der Waals surface area contributed by atoms with Gasteiger partial charge in [-0.25, -0.2) is 9.97 Å². The fourth-order valence-corrected chi connectivity index (χ4v) is 4.57. The summed E-state index contributed by atoms with van der Waals surface area (Å²) in [5.74, 6) is -0.469. The predicted octanol–water partition coefficient (Wildman–Crippen LogP) is 2.34. The second-order valence-corrected chi connectivity index (χ2v) is 8.11. The van der Waals surface area contributed by atoms with E-state index in [2.05, 4.69) is 15.3 Å². The molecule has 0 bridgehead atoms. The normalized spacial score (nSPS) is 13.4. The molecule has 1 aliphatic rings. The van der Waals surface area contributed by atoms with Crippen LogP contribution in [0.25, 0.3) is 11.0 Å². The number of thiazole rings is 1. The predicted molar refractivity (Wildman–Crippen MR) is 111 cm³/mol. The molecule has 0 aliphatic carbocycles. The lowest BCUT2D eigenvalue weighted by Crippen LogP contribution is -2.38. The Labute approximate surface area is 171 Å². The number of anilines is 1. The van der Waals surface area contributed by atoms with Crippen LogP contribution >= 0.6 is 11.3 Å². The van der Waals surface area contributed by atoms with E-state index in [1.54, 1.807) is 23.2 Å². The van der Waals surface area contributed by atoms with Gasteiger partial charge in [0.1, 0.15) is 11.2 Å². The van der Waals surface area contributed by atoms with Crippen LogP contribution in [0.1, 0.15) is 40.5 Å². The molecule has 0 unspecified atom stereocenters. The molecule has 4 rings (SSSR count). The molecule has 8 nitrogen and oxygen atoms in total. The van der Waals surface area contributed by atoms with Gasteiger partial charge >= 0.3 is 0 Å². The maximum absolute atomic E-state index is 13.2. The Morgan fingerprint density at radius 2 is 2.07 bits per heavy atom. The number of aromatic nitrogens is 3. The number of nitrogens with zero attached hydrogens (tertiary/aromatic N) is 4. The lowest BCUT2D eigenvalue weighted by atomic mass is 10.1. The number of hydrogen-bond acceptors (Lipinski definition) is 6. The van der Waals surface area contributed by atoms with Crippen molar-refractivity contribution in [3.05, 3.63) is 50.4 Å². The van der Waals surface area contributed by atoms with Crippen LogP contribution in [0.5, 0.6) is 0 Å². The first kappa shape index (κ1) is 19.3. The van der Waals surface area contributed by atoms with E-state index < -0.39 is 0 Å². The standard InChI is InChI=1S/C20H21N5O3S/c1-4-24-9-14(17(27)13-6-5-11(2)21-18(13)24)19(28)25-8-7-15-16(10-25)29-20(23-15)22-12(3)26/h5-6,9H,4,7-8,10H2,1-3H3,(H,22,23,26). The van der Waals surface area contributed by atoms with Gasteiger partial charge in [-0.2, -0.15) is 0 Å². The summed E-state index contributed by atoms with van der Waals surface area (Å²) in [7, 11) is 0. The van der Waals surface area contributed by atoms with E-state index in [0.717, 1.165) is 16.3 Å². The summed E-state index contributed by atoms with van der Waals surface area (Å²) >= 11 is 1.37. The van der Waals surface area contributed by atoms with E-state index in [1.165, 1.54) is 18.3 Å². The van der Waals surface area contributed by atoms with E-state index in [9.17, 15) is 14.4 Å². The van der Waals surface area contributed by atoms with Gasteiger partial charge in [0.25, 0.3) is 5.91 Å². The Morgan fingerprint density at radius 3 is 2.79 bits per heavy atom. The van der Waals surface area contributed by atoms with Crippen molar-refractivity contribution in [3.8, 4) is 0 Å². The summed E-state index contributed by atoms with van der Waals surface area (Å²) in [6, 6.07) is 3.52. The Hall–Kier alpha value is -3.07. The van der Waals surface area contributed by atoms with Crippen molar-refractivity contribution >= 4 is 39.3 Å². The maximum atomic E-state index is 13.2. The van der Waals surface area contributed by atoms with Crippen molar-refractivity contribution in [1.82, 2.24) is 19.4 Å². The van der Waals surface area contributed by atoms with Crippen LogP contribution in [-0.2, 0) is 24.3 Å². The second-order valence-electron chi connectivity index (χ2n) is 7.03. The third kappa shape index (κ3) is 3.53. The third-order valence-corrected chi connectivity index (χ3v) is 5.93. The van der Waals surface area contributed by atoms with Crippen LogP contribution in [0.3, 0.4) is 0 Å². The molecule has 150 valence electrons. The number of amides is 2. The topological polar surface area (TPSA) is 97.2 Å². The second kappa shape index (κ2) is 7.40. The zero-order chi connectivity index (χ0) is 20.7. The number of fused-ring (bicyclic) bond motifs is 2. The Kier molecular flexibility index (Phi) is 4.91. The summed E-state index contributed by atoms with van der Waals surface area (Å²) in [5.41, 5.74) is 2.17. The van der Waals surface area contributed by atoms with Crippen molar-refractivity contribution in [2.24, 2.45) is 0 Å². The average molecular weight is 411 g/mol. The third-order valence-electron chi connectivity index (χ3n) is 4.93. The van der Waals surface area contributed by atoms with Crippen LogP contribution in [-0.4, -0.2) is 37.8 Å². The van der Waals surface area contributed by atoms with Gasteiger partial charge in [0, 0.05) is 43.2 Å². The van der Waals surface area contributed by atoms with Gasteiger partial charge < -0.3 is 14.8 Å². The summed E-state index contributed by atoms with van der Waals surface area (Å²) in [6.07, 6.45) is 2.21. The van der Waals surface area contributed by atoms with E-state index in [4.69, 9.17) is 0 Å². The quantitative estimate of drug-likeness (QED) is 0.713. The molecule has 0 saturated carbocycles. The van der Waals surface area contributed by atoms with Crippen molar-refractivity contribution in [2.75, 3.05) is 11.9 Å². The molecule has 0 radical (unpaired) electrons. The van der Waals surface area contributed by atoms with Gasteiger partial charge in [-0.15, -0.1) is 0 Å². The lowest BCUT2D eigenvalue weighted by molar-refractivity contribution is -0.114. The van der Waals surface area contributed by atoms with E-state index in [-0.39, 0.29) is 22.8 Å². The number of carbonyl (C=O) groups excluding carboxylic acids is 2. The van der Waals surface area contributed by atoms with E-state index in [1.807, 2.05) is 18.4 Å². The number of hydrogen-bond donors (Lipinski definition) is 1. The van der Waals surface area contributed by atoms with Crippen LogP contribution in [0.2, 0.25) is 0 Å². The number of aryl methyl sites for hydroxylation is 2. The molecule has 3 aromatic heterocycles. The zero-order valence-corrected chi connectivity index (χ0v) is 17.3. The summed E-state index contributed by atoms with van der Waals surface area (Å²) < 4.78 is 1.84. The summed E-state index contributed by atoms with van der Waals surface area (Å²) in [5, 5.41) is 3.68. The van der Waals surface area contributed by atoms with E-state index in [0.29, 0.717) is 42.2 Å². The molecular formula is C20H21N5O3S.